The zero-order chi connectivity index (χ0) is 25.6. The normalized spacial score (nSPS) is 10.2. The van der Waals surface area contributed by atoms with Crippen LogP contribution in [0.4, 0.5) is 19.2 Å². The van der Waals surface area contributed by atoms with Crippen LogP contribution in [0, 0.1) is 0 Å². The van der Waals surface area contributed by atoms with Crippen molar-refractivity contribution in [3.63, 3.8) is 0 Å². The van der Waals surface area contributed by atoms with Gasteiger partial charge >= 0.3 is 36.0 Å². The number of ketones is 1. The largest absolute Gasteiger partial charge is 0.462 e. The van der Waals surface area contributed by atoms with E-state index in [0.29, 0.717) is 0 Å². The molecule has 33 heavy (non-hydrogen) atoms. The number of ether oxygens (including phenoxy) is 5. The highest BCUT2D eigenvalue weighted by atomic mass is 16.6. The molecular weight excluding hydrogens is 448 g/mol. The van der Waals surface area contributed by atoms with Crippen LogP contribution in [0.25, 0.3) is 0 Å². The van der Waals surface area contributed by atoms with Gasteiger partial charge in [0.05, 0.1) is 33.0 Å². The van der Waals surface area contributed by atoms with Crippen molar-refractivity contribution >= 4 is 36.1 Å². The number of esters is 1. The molecule has 0 radical (unpaired) electrons. The summed E-state index contributed by atoms with van der Waals surface area (Å²) >= 11 is 0. The van der Waals surface area contributed by atoms with Gasteiger partial charge < -0.3 is 23.7 Å². The molecule has 15 heteroatoms. The fourth-order valence-electron chi connectivity index (χ4n) is 2.38. The number of carbonyl (C=O) groups excluding carboxylic acids is 6. The maximum Gasteiger partial charge on any atom is 0.432 e. The van der Waals surface area contributed by atoms with Crippen LogP contribution in [-0.4, -0.2) is 84.8 Å². The summed E-state index contributed by atoms with van der Waals surface area (Å²) in [5.41, 5.74) is 0.604. The van der Waals surface area contributed by atoms with Crippen LogP contribution >= 0.6 is 0 Å². The molecule has 0 rings (SSSR count). The van der Waals surface area contributed by atoms with Gasteiger partial charge in [-0.2, -0.15) is 10.0 Å². The van der Waals surface area contributed by atoms with Gasteiger partial charge in [-0.1, -0.05) is 0 Å². The predicted molar refractivity (Wildman–Crippen MR) is 108 cm³/mol. The quantitative estimate of drug-likeness (QED) is 0.159. The maximum absolute atomic E-state index is 13.2. The molecule has 0 saturated heterocycles. The Morgan fingerprint density at radius 3 is 1.21 bits per heavy atom. The summed E-state index contributed by atoms with van der Waals surface area (Å²) in [4.78, 5) is 76.0. The fraction of sp³-hybridized carbons (Fsp3) is 0.667. The lowest BCUT2D eigenvalue weighted by atomic mass is 10.0. The second-order valence-corrected chi connectivity index (χ2v) is 5.68. The lowest BCUT2D eigenvalue weighted by molar-refractivity contribution is -0.180. The first-order valence-corrected chi connectivity index (χ1v) is 10.1. The third-order valence-corrected chi connectivity index (χ3v) is 3.56. The van der Waals surface area contributed by atoms with E-state index in [0.717, 1.165) is 6.92 Å². The number of hydrogen-bond acceptors (Lipinski definition) is 11. The average molecular weight is 478 g/mol. The van der Waals surface area contributed by atoms with Crippen molar-refractivity contribution in [3.8, 4) is 0 Å². The first-order chi connectivity index (χ1) is 15.6. The molecule has 188 valence electrons. The summed E-state index contributed by atoms with van der Waals surface area (Å²) in [7, 11) is 0. The Bertz CT molecular complexity index is 686. The summed E-state index contributed by atoms with van der Waals surface area (Å²) in [5, 5.41) is 0.135. The van der Waals surface area contributed by atoms with Gasteiger partial charge in [0.1, 0.15) is 0 Å². The number of amides is 4. The van der Waals surface area contributed by atoms with E-state index < -0.39 is 41.8 Å². The second-order valence-electron chi connectivity index (χ2n) is 5.68. The molecule has 0 aliphatic rings. The molecule has 0 bridgehead atoms. The summed E-state index contributed by atoms with van der Waals surface area (Å²) in [6.07, 6.45) is -5.51. The minimum absolute atomic E-state index is 0.0674. The van der Waals surface area contributed by atoms with Crippen molar-refractivity contribution in [2.24, 2.45) is 0 Å². The zero-order valence-corrected chi connectivity index (χ0v) is 19.4. The summed E-state index contributed by atoms with van der Waals surface area (Å²) < 4.78 is 24.0. The number of hydrogen-bond donors (Lipinski definition) is 2. The minimum Gasteiger partial charge on any atom is -0.462 e. The molecule has 15 nitrogen and oxygen atoms in total. The first-order valence-electron chi connectivity index (χ1n) is 10.1. The van der Waals surface area contributed by atoms with Gasteiger partial charge in [-0.15, -0.1) is 0 Å². The summed E-state index contributed by atoms with van der Waals surface area (Å²) in [5.74, 6) is -2.79. The van der Waals surface area contributed by atoms with Gasteiger partial charge in [-0.25, -0.2) is 34.8 Å². The van der Waals surface area contributed by atoms with Crippen LogP contribution < -0.4 is 10.9 Å². The van der Waals surface area contributed by atoms with Crippen LogP contribution in [0.15, 0.2) is 0 Å². The van der Waals surface area contributed by atoms with Gasteiger partial charge in [0.15, 0.2) is 5.78 Å². The predicted octanol–water partition coefficient (Wildman–Crippen LogP) is 1.07. The van der Waals surface area contributed by atoms with Crippen LogP contribution in [0.1, 0.15) is 41.5 Å². The Labute approximate surface area is 190 Å². The highest BCUT2D eigenvalue weighted by molar-refractivity contribution is 6.11. The lowest BCUT2D eigenvalue weighted by Gasteiger charge is -2.43. The third kappa shape index (κ3) is 7.40. The Morgan fingerprint density at radius 2 is 0.939 bits per heavy atom. The maximum atomic E-state index is 13.2. The molecule has 0 fully saturated rings. The molecule has 0 heterocycles. The minimum atomic E-state index is -3.16. The monoisotopic (exact) mass is 478 g/mol. The molecule has 0 aromatic heterocycles. The highest BCUT2D eigenvalue weighted by Gasteiger charge is 2.62. The van der Waals surface area contributed by atoms with E-state index in [9.17, 15) is 28.8 Å². The Hall–Kier alpha value is -3.78. The molecule has 0 aliphatic carbocycles. The number of carbonyl (C=O) groups is 6. The molecule has 0 atom stereocenters. The van der Waals surface area contributed by atoms with E-state index in [1.807, 2.05) is 10.9 Å². The van der Waals surface area contributed by atoms with Crippen molar-refractivity contribution in [2.75, 3.05) is 33.0 Å². The van der Waals surface area contributed by atoms with Gasteiger partial charge in [-0.05, 0) is 41.5 Å². The summed E-state index contributed by atoms with van der Waals surface area (Å²) in [6.45, 7) is 6.73. The number of Topliss-reactive ketones (excluding diaryl/α,β-unsaturated/α-hetero) is 1. The van der Waals surface area contributed by atoms with E-state index in [1.54, 1.807) is 0 Å². The standard InChI is InChI=1S/C18H30N4O11/c1-7-29-13(24)18(12(6)23,21(16(27)32-10-4)19-14(25)30-8-2)22(17(28)33-11-5)20-15(26)31-9-3/h7-11H2,1-6H3,(H,19,25)(H,20,26). The van der Waals surface area contributed by atoms with Crippen molar-refractivity contribution < 1.29 is 52.5 Å². The fourth-order valence-corrected chi connectivity index (χ4v) is 2.38. The SMILES string of the molecule is CCOC(=O)NN(C(=O)OCC)C(C(C)=O)(C(=O)OCC)N(NC(=O)OCC)C(=O)OCC. The molecule has 0 spiro atoms. The number of nitrogens with zero attached hydrogens (tertiary/aromatic N) is 2. The van der Waals surface area contributed by atoms with Gasteiger partial charge in [0.2, 0.25) is 0 Å². The first kappa shape index (κ1) is 29.2. The zero-order valence-electron chi connectivity index (χ0n) is 19.4. The van der Waals surface area contributed by atoms with Crippen LogP contribution in [-0.2, 0) is 33.3 Å². The van der Waals surface area contributed by atoms with Crippen LogP contribution in [0.3, 0.4) is 0 Å². The molecule has 0 aliphatic heterocycles. The molecule has 2 N–H and O–H groups in total. The Morgan fingerprint density at radius 1 is 0.606 bits per heavy atom. The average Bonchev–Trinajstić information content (AvgIpc) is 2.73. The number of nitrogens with one attached hydrogen (secondary N) is 2. The van der Waals surface area contributed by atoms with E-state index in [-0.39, 0.29) is 43.1 Å². The van der Waals surface area contributed by atoms with Gasteiger partial charge in [0, 0.05) is 0 Å². The smallest absolute Gasteiger partial charge is 0.432 e. The van der Waals surface area contributed by atoms with Crippen LogP contribution in [0.5, 0.6) is 0 Å². The Kier molecular flexibility index (Phi) is 12.7. The molecule has 0 saturated carbocycles. The number of hydrazine groups is 2. The van der Waals surface area contributed by atoms with E-state index in [4.69, 9.17) is 23.7 Å². The van der Waals surface area contributed by atoms with Crippen molar-refractivity contribution in [2.45, 2.75) is 47.2 Å². The molecule has 0 aromatic carbocycles. The van der Waals surface area contributed by atoms with Crippen molar-refractivity contribution in [1.29, 1.82) is 0 Å². The van der Waals surface area contributed by atoms with E-state index >= 15 is 0 Å². The second kappa shape index (κ2) is 14.3. The molecule has 0 aromatic rings. The van der Waals surface area contributed by atoms with Crippen LogP contribution in [0.2, 0.25) is 0 Å². The highest BCUT2D eigenvalue weighted by Crippen LogP contribution is 2.25. The molecule has 0 unspecified atom stereocenters. The topological polar surface area (TPSA) is 179 Å². The lowest BCUT2D eigenvalue weighted by Crippen LogP contribution is -2.78. The molecular formula is C18H30N4O11. The van der Waals surface area contributed by atoms with Crippen molar-refractivity contribution in [3.05, 3.63) is 0 Å². The molecule has 4 amide bonds. The Balaban J connectivity index is 7.10. The summed E-state index contributed by atoms with van der Waals surface area (Å²) in [6, 6.07) is 0. The third-order valence-electron chi connectivity index (χ3n) is 3.56. The van der Waals surface area contributed by atoms with E-state index in [2.05, 4.69) is 0 Å². The number of rotatable bonds is 9. The van der Waals surface area contributed by atoms with Crippen molar-refractivity contribution in [1.82, 2.24) is 20.9 Å². The van der Waals surface area contributed by atoms with E-state index in [1.165, 1.54) is 34.6 Å². The van der Waals surface area contributed by atoms with Gasteiger partial charge in [0.25, 0.3) is 0 Å². The van der Waals surface area contributed by atoms with Gasteiger partial charge in [-0.3, -0.25) is 4.79 Å².